The number of carbonyl (C=O) groups excluding carboxylic acids is 1. The van der Waals surface area contributed by atoms with Crippen LogP contribution in [0.25, 0.3) is 0 Å². The Morgan fingerprint density at radius 2 is 1.94 bits per heavy atom. The summed E-state index contributed by atoms with van der Waals surface area (Å²) in [7, 11) is 0. The van der Waals surface area contributed by atoms with Gasteiger partial charge in [0.05, 0.1) is 11.1 Å². The van der Waals surface area contributed by atoms with E-state index >= 15 is 0 Å². The van der Waals surface area contributed by atoms with E-state index in [4.69, 9.17) is 0 Å². The van der Waals surface area contributed by atoms with E-state index in [1.165, 1.54) is 0 Å². The molecule has 0 saturated carbocycles. The maximum absolute atomic E-state index is 13.2. The first-order valence-corrected chi connectivity index (χ1v) is 4.76. The fourth-order valence-electron chi connectivity index (χ4n) is 1.28. The summed E-state index contributed by atoms with van der Waals surface area (Å²) in [5.74, 6) is -1.60. The average molecular weight is 234 g/mol. The lowest BCUT2D eigenvalue weighted by Crippen LogP contribution is -2.08. The summed E-state index contributed by atoms with van der Waals surface area (Å²) < 4.78 is 49.8. The molecular formula is C11H10F4O. The molecule has 88 valence electrons. The Hall–Kier alpha value is -1.39. The highest BCUT2D eigenvalue weighted by molar-refractivity contribution is 5.96. The smallest absolute Gasteiger partial charge is 0.294 e. The average Bonchev–Trinajstić information content (AvgIpc) is 2.16. The van der Waals surface area contributed by atoms with Crippen LogP contribution in [-0.4, -0.2) is 5.78 Å². The van der Waals surface area contributed by atoms with Crippen molar-refractivity contribution in [1.82, 2.24) is 0 Å². The number of benzene rings is 1. The summed E-state index contributed by atoms with van der Waals surface area (Å²) in [5.41, 5.74) is -1.37. The molecule has 0 unspecified atom stereocenters. The summed E-state index contributed by atoms with van der Waals surface area (Å²) in [6.45, 7) is 1.74. The molecule has 1 aromatic rings. The van der Waals surface area contributed by atoms with Crippen LogP contribution in [0.1, 0.15) is 35.7 Å². The van der Waals surface area contributed by atoms with Crippen molar-refractivity contribution in [3.8, 4) is 0 Å². The third-order valence-electron chi connectivity index (χ3n) is 2.07. The molecular weight excluding hydrogens is 224 g/mol. The van der Waals surface area contributed by atoms with Gasteiger partial charge >= 0.3 is 6.18 Å². The van der Waals surface area contributed by atoms with Crippen molar-refractivity contribution in [2.45, 2.75) is 25.9 Å². The second-order valence-corrected chi connectivity index (χ2v) is 3.37. The molecule has 1 rings (SSSR count). The number of hydrogen-bond acceptors (Lipinski definition) is 1. The molecule has 0 saturated heterocycles. The number of halogens is 4. The van der Waals surface area contributed by atoms with Crippen LogP contribution < -0.4 is 0 Å². The van der Waals surface area contributed by atoms with Crippen molar-refractivity contribution in [2.24, 2.45) is 0 Å². The monoisotopic (exact) mass is 234 g/mol. The molecule has 0 aliphatic carbocycles. The summed E-state index contributed by atoms with van der Waals surface area (Å²) in [5, 5.41) is 0. The lowest BCUT2D eigenvalue weighted by atomic mass is 10.0. The van der Waals surface area contributed by atoms with Crippen LogP contribution in [0, 0.1) is 5.82 Å². The Kier molecular flexibility index (Phi) is 3.67. The molecule has 1 nitrogen and oxygen atoms in total. The van der Waals surface area contributed by atoms with Gasteiger partial charge in [-0.3, -0.25) is 4.79 Å². The predicted molar refractivity (Wildman–Crippen MR) is 50.6 cm³/mol. The van der Waals surface area contributed by atoms with E-state index in [1.807, 2.05) is 0 Å². The molecule has 0 N–H and O–H groups in total. The Balaban J connectivity index is 3.05. The summed E-state index contributed by atoms with van der Waals surface area (Å²) in [6.07, 6.45) is -3.94. The molecule has 1 aromatic carbocycles. The molecule has 0 radical (unpaired) electrons. The first kappa shape index (κ1) is 12.7. The van der Waals surface area contributed by atoms with Gasteiger partial charge in [0.15, 0.2) is 5.78 Å². The van der Waals surface area contributed by atoms with Gasteiger partial charge < -0.3 is 0 Å². The van der Waals surface area contributed by atoms with Crippen LogP contribution in [0.15, 0.2) is 18.2 Å². The van der Waals surface area contributed by atoms with Gasteiger partial charge in [0.1, 0.15) is 5.82 Å². The van der Waals surface area contributed by atoms with Gasteiger partial charge in [0.2, 0.25) is 0 Å². The fraction of sp³-hybridized carbons (Fsp3) is 0.364. The van der Waals surface area contributed by atoms with Crippen LogP contribution in [0.4, 0.5) is 17.6 Å². The highest BCUT2D eigenvalue weighted by atomic mass is 19.4. The first-order chi connectivity index (χ1) is 7.36. The molecule has 16 heavy (non-hydrogen) atoms. The van der Waals surface area contributed by atoms with E-state index in [0.717, 1.165) is 6.07 Å². The molecule has 0 spiro atoms. The van der Waals surface area contributed by atoms with Crippen molar-refractivity contribution in [1.29, 1.82) is 0 Å². The first-order valence-electron chi connectivity index (χ1n) is 4.76. The SMILES string of the molecule is CCCC(=O)c1ccc(C(F)(F)F)cc1F. The van der Waals surface area contributed by atoms with E-state index < -0.39 is 23.3 Å². The molecule has 5 heteroatoms. The van der Waals surface area contributed by atoms with Crippen LogP contribution in [-0.2, 0) is 6.18 Å². The van der Waals surface area contributed by atoms with Crippen LogP contribution in [0.2, 0.25) is 0 Å². The molecule has 0 aliphatic heterocycles. The van der Waals surface area contributed by atoms with E-state index in [0.29, 0.717) is 18.6 Å². The van der Waals surface area contributed by atoms with E-state index in [9.17, 15) is 22.4 Å². The normalized spacial score (nSPS) is 11.6. The highest BCUT2D eigenvalue weighted by Gasteiger charge is 2.31. The highest BCUT2D eigenvalue weighted by Crippen LogP contribution is 2.30. The Bertz CT molecular complexity index is 395. The lowest BCUT2D eigenvalue weighted by molar-refractivity contribution is -0.137. The number of Topliss-reactive ketones (excluding diaryl/α,β-unsaturated/α-hetero) is 1. The van der Waals surface area contributed by atoms with Gasteiger partial charge in [-0.05, 0) is 24.6 Å². The Labute approximate surface area is 90.1 Å². The molecule has 0 atom stereocenters. The number of rotatable bonds is 3. The zero-order chi connectivity index (χ0) is 12.3. The number of ketones is 1. The van der Waals surface area contributed by atoms with Gasteiger partial charge in [-0.2, -0.15) is 13.2 Å². The lowest BCUT2D eigenvalue weighted by Gasteiger charge is -2.08. The summed E-state index contributed by atoms with van der Waals surface area (Å²) in [4.78, 5) is 11.3. The van der Waals surface area contributed by atoms with Gasteiger partial charge in [0.25, 0.3) is 0 Å². The standard InChI is InChI=1S/C11H10F4O/c1-2-3-10(16)8-5-4-7(6-9(8)12)11(13,14)15/h4-6H,2-3H2,1H3. The van der Waals surface area contributed by atoms with Gasteiger partial charge in [-0.1, -0.05) is 6.92 Å². The number of hydrogen-bond donors (Lipinski definition) is 0. The Morgan fingerprint density at radius 1 is 1.31 bits per heavy atom. The second kappa shape index (κ2) is 4.63. The van der Waals surface area contributed by atoms with E-state index in [2.05, 4.69) is 0 Å². The molecule has 0 aromatic heterocycles. The molecule has 0 fully saturated rings. The van der Waals surface area contributed by atoms with Crippen LogP contribution in [0.3, 0.4) is 0 Å². The Morgan fingerprint density at radius 3 is 2.38 bits per heavy atom. The largest absolute Gasteiger partial charge is 0.416 e. The topological polar surface area (TPSA) is 17.1 Å². The molecule has 0 amide bonds. The van der Waals surface area contributed by atoms with Crippen molar-refractivity contribution in [2.75, 3.05) is 0 Å². The van der Waals surface area contributed by atoms with Gasteiger partial charge in [-0.15, -0.1) is 0 Å². The minimum absolute atomic E-state index is 0.127. The predicted octanol–water partition coefficient (Wildman–Crippen LogP) is 3.83. The van der Waals surface area contributed by atoms with Gasteiger partial charge in [0, 0.05) is 6.42 Å². The fourth-order valence-corrected chi connectivity index (χ4v) is 1.28. The van der Waals surface area contributed by atoms with Crippen molar-refractivity contribution in [3.05, 3.63) is 35.1 Å². The zero-order valence-electron chi connectivity index (χ0n) is 8.57. The quantitative estimate of drug-likeness (QED) is 0.573. The molecule has 0 bridgehead atoms. The molecule has 0 aliphatic rings. The number of carbonyl (C=O) groups is 1. The second-order valence-electron chi connectivity index (χ2n) is 3.37. The third kappa shape index (κ3) is 2.81. The third-order valence-corrected chi connectivity index (χ3v) is 2.07. The van der Waals surface area contributed by atoms with Crippen molar-refractivity contribution < 1.29 is 22.4 Å². The number of alkyl halides is 3. The van der Waals surface area contributed by atoms with Crippen LogP contribution in [0.5, 0.6) is 0 Å². The molecule has 0 heterocycles. The maximum Gasteiger partial charge on any atom is 0.416 e. The summed E-state index contributed by atoms with van der Waals surface area (Å²) >= 11 is 0. The van der Waals surface area contributed by atoms with Crippen LogP contribution >= 0.6 is 0 Å². The zero-order valence-corrected chi connectivity index (χ0v) is 8.57. The van der Waals surface area contributed by atoms with Crippen molar-refractivity contribution in [3.63, 3.8) is 0 Å². The minimum Gasteiger partial charge on any atom is -0.294 e. The maximum atomic E-state index is 13.2. The summed E-state index contributed by atoms with van der Waals surface area (Å²) in [6, 6.07) is 1.95. The van der Waals surface area contributed by atoms with Crippen molar-refractivity contribution >= 4 is 5.78 Å². The van der Waals surface area contributed by atoms with Gasteiger partial charge in [-0.25, -0.2) is 4.39 Å². The van der Waals surface area contributed by atoms with E-state index in [1.54, 1.807) is 6.92 Å². The minimum atomic E-state index is -4.59. The van der Waals surface area contributed by atoms with E-state index in [-0.39, 0.29) is 12.0 Å².